The summed E-state index contributed by atoms with van der Waals surface area (Å²) in [4.78, 5) is 24.8. The molecular weight excluding hydrogens is 547 g/mol. The molecular formula is C31H36Cl2N4O3. The second-order valence-corrected chi connectivity index (χ2v) is 12.3. The second-order valence-electron chi connectivity index (χ2n) is 11.4. The van der Waals surface area contributed by atoms with E-state index in [0.717, 1.165) is 22.4 Å². The molecule has 0 fully saturated rings. The van der Waals surface area contributed by atoms with Gasteiger partial charge < -0.3 is 15.4 Å². The molecule has 2 aromatic carbocycles. The van der Waals surface area contributed by atoms with E-state index < -0.39 is 17.2 Å². The van der Waals surface area contributed by atoms with Crippen LogP contribution in [0.25, 0.3) is 16.9 Å². The lowest BCUT2D eigenvalue weighted by Gasteiger charge is -2.19. The van der Waals surface area contributed by atoms with Gasteiger partial charge in [-0.15, -0.1) is 0 Å². The number of alkyl carbamates (subject to hydrolysis) is 1. The number of benzene rings is 2. The minimum Gasteiger partial charge on any atom is -0.444 e. The van der Waals surface area contributed by atoms with Gasteiger partial charge >= 0.3 is 6.09 Å². The summed E-state index contributed by atoms with van der Waals surface area (Å²) in [7, 11) is 0. The van der Waals surface area contributed by atoms with Crippen LogP contribution < -0.4 is 10.6 Å². The molecule has 0 spiro atoms. The molecule has 2 amide bonds. The van der Waals surface area contributed by atoms with E-state index in [9.17, 15) is 9.59 Å². The maximum atomic E-state index is 13.1. The average molecular weight is 584 g/mol. The average Bonchev–Trinajstić information content (AvgIpc) is 3.16. The van der Waals surface area contributed by atoms with Crippen molar-refractivity contribution in [3.8, 4) is 28.8 Å². The summed E-state index contributed by atoms with van der Waals surface area (Å²) in [6, 6.07) is 12.9. The van der Waals surface area contributed by atoms with Crippen LogP contribution in [-0.2, 0) is 4.74 Å². The Morgan fingerprint density at radius 1 is 1.02 bits per heavy atom. The highest BCUT2D eigenvalue weighted by Crippen LogP contribution is 2.32. The molecule has 1 heterocycles. The van der Waals surface area contributed by atoms with Gasteiger partial charge in [0.15, 0.2) is 5.69 Å². The van der Waals surface area contributed by atoms with Crippen LogP contribution in [0.1, 0.15) is 76.0 Å². The lowest BCUT2D eigenvalue weighted by molar-refractivity contribution is 0.0527. The molecule has 0 unspecified atom stereocenters. The summed E-state index contributed by atoms with van der Waals surface area (Å²) in [5, 5.41) is 11.5. The number of hydrogen-bond acceptors (Lipinski definition) is 4. The van der Waals surface area contributed by atoms with E-state index >= 15 is 0 Å². The number of rotatable bonds is 6. The number of hydrogen-bond donors (Lipinski definition) is 2. The van der Waals surface area contributed by atoms with Crippen molar-refractivity contribution >= 4 is 35.2 Å². The van der Waals surface area contributed by atoms with Crippen LogP contribution in [0.4, 0.5) is 4.79 Å². The van der Waals surface area contributed by atoms with Gasteiger partial charge in [0.2, 0.25) is 0 Å². The van der Waals surface area contributed by atoms with Crippen LogP contribution in [0.15, 0.2) is 42.5 Å². The van der Waals surface area contributed by atoms with Gasteiger partial charge in [-0.05, 0) is 85.2 Å². The zero-order valence-corrected chi connectivity index (χ0v) is 25.5. The number of carbonyl (C=O) groups excluding carboxylic acids is 2. The third-order valence-corrected chi connectivity index (χ3v) is 6.05. The van der Waals surface area contributed by atoms with Crippen LogP contribution >= 0.6 is 23.2 Å². The molecule has 0 aliphatic rings. The minimum absolute atomic E-state index is 0.265. The van der Waals surface area contributed by atoms with Gasteiger partial charge in [-0.2, -0.15) is 5.10 Å². The van der Waals surface area contributed by atoms with E-state index in [4.69, 9.17) is 33.0 Å². The first kappa shape index (κ1) is 31.1. The molecule has 0 aliphatic carbocycles. The molecule has 0 saturated heterocycles. The van der Waals surface area contributed by atoms with Crippen LogP contribution in [0, 0.1) is 18.8 Å². The van der Waals surface area contributed by atoms with Crippen molar-refractivity contribution in [1.82, 2.24) is 20.4 Å². The zero-order valence-electron chi connectivity index (χ0n) is 24.0. The van der Waals surface area contributed by atoms with E-state index in [0.29, 0.717) is 40.8 Å². The summed E-state index contributed by atoms with van der Waals surface area (Å²) in [5.41, 5.74) is 3.06. The Hall–Kier alpha value is -3.47. The van der Waals surface area contributed by atoms with Gasteiger partial charge in [-0.3, -0.25) is 4.79 Å². The SMILES string of the molecule is Cc1c(C(=O)NC(C)(C)C)nn(-c2ccc(C#CCCCNC(=O)OC(C)(C)C)cc2Cl)c1-c1ccc(Cl)cc1. The Kier molecular flexibility index (Phi) is 9.94. The number of unbranched alkanes of at least 4 members (excludes halogenated alkanes) is 1. The van der Waals surface area contributed by atoms with Crippen LogP contribution in [0.2, 0.25) is 10.0 Å². The van der Waals surface area contributed by atoms with E-state index in [1.165, 1.54) is 0 Å². The molecule has 212 valence electrons. The predicted octanol–water partition coefficient (Wildman–Crippen LogP) is 7.34. The molecule has 3 aromatic rings. The van der Waals surface area contributed by atoms with Crippen molar-refractivity contribution < 1.29 is 14.3 Å². The number of nitrogens with zero attached hydrogens (tertiary/aromatic N) is 2. The van der Waals surface area contributed by atoms with Gasteiger partial charge in [0.25, 0.3) is 5.91 Å². The molecule has 0 radical (unpaired) electrons. The van der Waals surface area contributed by atoms with Gasteiger partial charge in [0.05, 0.1) is 16.4 Å². The molecule has 0 bridgehead atoms. The van der Waals surface area contributed by atoms with Crippen LogP contribution in [-0.4, -0.2) is 39.5 Å². The minimum atomic E-state index is -0.528. The smallest absolute Gasteiger partial charge is 0.407 e. The van der Waals surface area contributed by atoms with Crippen molar-refractivity contribution in [1.29, 1.82) is 0 Å². The number of aromatic nitrogens is 2. The lowest BCUT2D eigenvalue weighted by atomic mass is 10.0. The molecule has 0 saturated carbocycles. The molecule has 40 heavy (non-hydrogen) atoms. The van der Waals surface area contributed by atoms with E-state index in [1.54, 1.807) is 22.9 Å². The highest BCUT2D eigenvalue weighted by atomic mass is 35.5. The monoisotopic (exact) mass is 582 g/mol. The summed E-state index contributed by atoms with van der Waals surface area (Å²) in [5.74, 6) is 5.97. The molecule has 9 heteroatoms. The quantitative estimate of drug-likeness (QED) is 0.235. The number of amides is 2. The number of halogens is 2. The normalized spacial score (nSPS) is 11.4. The summed E-state index contributed by atoms with van der Waals surface area (Å²) in [6.45, 7) is 13.6. The Balaban J connectivity index is 1.83. The van der Waals surface area contributed by atoms with Crippen molar-refractivity contribution in [3.63, 3.8) is 0 Å². The third-order valence-electron chi connectivity index (χ3n) is 5.50. The zero-order chi connectivity index (χ0) is 29.7. The fraction of sp³-hybridized carbons (Fsp3) is 0.387. The lowest BCUT2D eigenvalue weighted by Crippen LogP contribution is -2.41. The number of ether oxygens (including phenoxy) is 1. The van der Waals surface area contributed by atoms with Gasteiger partial charge in [0.1, 0.15) is 5.60 Å². The Morgan fingerprint density at radius 2 is 1.70 bits per heavy atom. The molecule has 0 aliphatic heterocycles. The molecule has 3 rings (SSSR count). The maximum Gasteiger partial charge on any atom is 0.407 e. The van der Waals surface area contributed by atoms with Crippen LogP contribution in [0.3, 0.4) is 0 Å². The predicted molar refractivity (Wildman–Crippen MR) is 161 cm³/mol. The topological polar surface area (TPSA) is 85.3 Å². The third kappa shape index (κ3) is 8.77. The summed E-state index contributed by atoms with van der Waals surface area (Å²) < 4.78 is 6.92. The van der Waals surface area contributed by atoms with Crippen molar-refractivity contribution in [2.75, 3.05) is 6.54 Å². The fourth-order valence-electron chi connectivity index (χ4n) is 3.83. The van der Waals surface area contributed by atoms with Gasteiger partial charge in [-0.1, -0.05) is 47.2 Å². The largest absolute Gasteiger partial charge is 0.444 e. The van der Waals surface area contributed by atoms with E-state index in [2.05, 4.69) is 22.5 Å². The molecule has 2 N–H and O–H groups in total. The first-order chi connectivity index (χ1) is 18.6. The van der Waals surface area contributed by atoms with Gasteiger partial charge in [0, 0.05) is 40.2 Å². The summed E-state index contributed by atoms with van der Waals surface area (Å²) >= 11 is 12.9. The summed E-state index contributed by atoms with van der Waals surface area (Å²) in [6.07, 6.45) is 0.850. The van der Waals surface area contributed by atoms with Crippen molar-refractivity contribution in [2.24, 2.45) is 0 Å². The maximum absolute atomic E-state index is 13.1. The Bertz CT molecular complexity index is 1440. The van der Waals surface area contributed by atoms with Crippen molar-refractivity contribution in [3.05, 3.63) is 69.3 Å². The van der Waals surface area contributed by atoms with Crippen LogP contribution in [0.5, 0.6) is 0 Å². The highest BCUT2D eigenvalue weighted by Gasteiger charge is 2.25. The van der Waals surface area contributed by atoms with E-state index in [1.807, 2.05) is 72.7 Å². The molecule has 1 aromatic heterocycles. The standard InChI is InChI=1S/C31H36Cl2N4O3/c1-20-26(28(38)35-30(2,3)4)36-37(27(20)22-13-15-23(32)16-14-22)25-17-12-21(19-24(25)33)11-9-8-10-18-34-29(39)40-31(5,6)7/h12-17,19H,8,10,18H2,1-7H3,(H,34,39)(H,35,38). The molecule has 7 nitrogen and oxygen atoms in total. The van der Waals surface area contributed by atoms with Gasteiger partial charge in [-0.25, -0.2) is 9.48 Å². The molecule has 0 atom stereocenters. The highest BCUT2D eigenvalue weighted by molar-refractivity contribution is 6.32. The van der Waals surface area contributed by atoms with E-state index in [-0.39, 0.29) is 5.91 Å². The number of carbonyl (C=O) groups is 2. The second kappa shape index (κ2) is 12.8. The Labute approximate surface area is 246 Å². The fourth-order valence-corrected chi connectivity index (χ4v) is 4.22. The first-order valence-electron chi connectivity index (χ1n) is 13.1. The number of nitrogens with one attached hydrogen (secondary N) is 2. The van der Waals surface area contributed by atoms with Crippen molar-refractivity contribution in [2.45, 2.75) is 72.4 Å². The Morgan fingerprint density at radius 3 is 2.30 bits per heavy atom. The first-order valence-corrected chi connectivity index (χ1v) is 13.8.